The van der Waals surface area contributed by atoms with Crippen molar-refractivity contribution in [3.8, 4) is 0 Å². The zero-order valence-corrected chi connectivity index (χ0v) is 11.4. The molecule has 0 aromatic carbocycles. The Morgan fingerprint density at radius 1 is 1.41 bits per heavy atom. The first-order valence-corrected chi connectivity index (χ1v) is 7.18. The molecule has 100 valence electrons. The first kappa shape index (κ1) is 14.5. The van der Waals surface area contributed by atoms with E-state index in [0.717, 1.165) is 25.3 Å². The molecule has 3 nitrogen and oxygen atoms in total. The zero-order valence-electron chi connectivity index (χ0n) is 11.4. The van der Waals surface area contributed by atoms with Gasteiger partial charge in [-0.15, -0.1) is 0 Å². The molecule has 0 radical (unpaired) electrons. The predicted molar refractivity (Wildman–Crippen MR) is 71.6 cm³/mol. The van der Waals surface area contributed by atoms with Crippen molar-refractivity contribution >= 4 is 5.91 Å². The Labute approximate surface area is 106 Å². The van der Waals surface area contributed by atoms with E-state index in [0.29, 0.717) is 0 Å². The molecule has 1 saturated carbocycles. The molecule has 3 heteroatoms. The molecule has 17 heavy (non-hydrogen) atoms. The van der Waals surface area contributed by atoms with E-state index in [1.807, 2.05) is 6.92 Å². The summed E-state index contributed by atoms with van der Waals surface area (Å²) in [6, 6.07) is -0.341. The number of amides is 1. The fraction of sp³-hybridized carbons (Fsp3) is 0.929. The molecule has 1 rings (SSSR count). The maximum atomic E-state index is 11.7. The van der Waals surface area contributed by atoms with Crippen LogP contribution in [0.4, 0.5) is 0 Å². The molecule has 1 fully saturated rings. The number of carbonyl (C=O) groups excluding carboxylic acids is 1. The van der Waals surface area contributed by atoms with E-state index >= 15 is 0 Å². The topological polar surface area (TPSA) is 55.1 Å². The van der Waals surface area contributed by atoms with Gasteiger partial charge in [-0.3, -0.25) is 4.79 Å². The minimum Gasteiger partial charge on any atom is -0.355 e. The molecule has 3 N–H and O–H groups in total. The summed E-state index contributed by atoms with van der Waals surface area (Å²) >= 11 is 0. The van der Waals surface area contributed by atoms with Crippen LogP contribution in [0.15, 0.2) is 0 Å². The highest BCUT2D eigenvalue weighted by Gasteiger charge is 2.19. The van der Waals surface area contributed by atoms with Gasteiger partial charge in [-0.05, 0) is 24.7 Å². The van der Waals surface area contributed by atoms with Gasteiger partial charge in [0.05, 0.1) is 6.04 Å². The minimum absolute atomic E-state index is 0.0192. The Morgan fingerprint density at radius 2 is 2.06 bits per heavy atom. The van der Waals surface area contributed by atoms with Gasteiger partial charge in [0.25, 0.3) is 0 Å². The van der Waals surface area contributed by atoms with Crippen molar-refractivity contribution in [3.05, 3.63) is 0 Å². The van der Waals surface area contributed by atoms with Crippen LogP contribution in [-0.2, 0) is 4.79 Å². The van der Waals surface area contributed by atoms with E-state index in [9.17, 15) is 4.79 Å². The molecule has 0 bridgehead atoms. The van der Waals surface area contributed by atoms with E-state index in [-0.39, 0.29) is 17.9 Å². The van der Waals surface area contributed by atoms with Crippen LogP contribution in [0.5, 0.6) is 0 Å². The summed E-state index contributed by atoms with van der Waals surface area (Å²) in [7, 11) is 0. The van der Waals surface area contributed by atoms with Gasteiger partial charge >= 0.3 is 0 Å². The van der Waals surface area contributed by atoms with Crippen LogP contribution in [0.25, 0.3) is 0 Å². The molecule has 0 spiro atoms. The van der Waals surface area contributed by atoms with Crippen LogP contribution in [0, 0.1) is 11.8 Å². The van der Waals surface area contributed by atoms with Crippen LogP contribution < -0.4 is 11.1 Å². The lowest BCUT2D eigenvalue weighted by atomic mass is 9.99. The minimum atomic E-state index is -0.341. The zero-order chi connectivity index (χ0) is 12.7. The lowest BCUT2D eigenvalue weighted by Gasteiger charge is -2.18. The van der Waals surface area contributed by atoms with E-state index in [2.05, 4.69) is 12.2 Å². The monoisotopic (exact) mass is 240 g/mol. The quantitative estimate of drug-likeness (QED) is 0.672. The molecular weight excluding hydrogens is 212 g/mol. The second kappa shape index (κ2) is 7.70. The van der Waals surface area contributed by atoms with E-state index in [1.165, 1.54) is 32.1 Å². The lowest BCUT2D eigenvalue weighted by molar-refractivity contribution is -0.123. The van der Waals surface area contributed by atoms with Crippen LogP contribution in [0.1, 0.15) is 58.8 Å². The molecule has 0 aromatic heterocycles. The van der Waals surface area contributed by atoms with Crippen LogP contribution in [0.2, 0.25) is 0 Å². The Bertz CT molecular complexity index is 224. The van der Waals surface area contributed by atoms with Gasteiger partial charge in [0.15, 0.2) is 0 Å². The fourth-order valence-corrected chi connectivity index (χ4v) is 2.53. The Hall–Kier alpha value is -0.570. The van der Waals surface area contributed by atoms with Gasteiger partial charge in [0.2, 0.25) is 5.91 Å². The number of carbonyl (C=O) groups is 1. The highest BCUT2D eigenvalue weighted by atomic mass is 16.2. The van der Waals surface area contributed by atoms with Crippen LogP contribution in [-0.4, -0.2) is 18.5 Å². The number of hydrogen-bond acceptors (Lipinski definition) is 2. The second-order valence-corrected chi connectivity index (χ2v) is 5.50. The van der Waals surface area contributed by atoms with Crippen molar-refractivity contribution < 1.29 is 4.79 Å². The SMILES string of the molecule is CCC(C)C(N)C(=O)NCCCC1CCCC1. The van der Waals surface area contributed by atoms with Crippen LogP contribution in [0.3, 0.4) is 0 Å². The molecule has 0 saturated heterocycles. The molecule has 1 aliphatic carbocycles. The number of rotatable bonds is 7. The molecule has 0 aliphatic heterocycles. The van der Waals surface area contributed by atoms with Crippen molar-refractivity contribution in [2.45, 2.75) is 64.8 Å². The van der Waals surface area contributed by atoms with E-state index < -0.39 is 0 Å². The lowest BCUT2D eigenvalue weighted by Crippen LogP contribution is -2.44. The molecular formula is C14H28N2O. The van der Waals surface area contributed by atoms with Crippen molar-refractivity contribution in [2.24, 2.45) is 17.6 Å². The summed E-state index contributed by atoms with van der Waals surface area (Å²) in [5.41, 5.74) is 5.86. The Kier molecular flexibility index (Phi) is 6.56. The maximum Gasteiger partial charge on any atom is 0.237 e. The van der Waals surface area contributed by atoms with E-state index in [1.54, 1.807) is 0 Å². The van der Waals surface area contributed by atoms with Gasteiger partial charge in [0.1, 0.15) is 0 Å². The van der Waals surface area contributed by atoms with Crippen molar-refractivity contribution in [2.75, 3.05) is 6.54 Å². The fourth-order valence-electron chi connectivity index (χ4n) is 2.53. The molecule has 0 heterocycles. The third-order valence-electron chi connectivity index (χ3n) is 4.12. The highest BCUT2D eigenvalue weighted by Crippen LogP contribution is 2.28. The average Bonchev–Trinajstić information content (AvgIpc) is 2.85. The van der Waals surface area contributed by atoms with Gasteiger partial charge in [-0.1, -0.05) is 46.0 Å². The number of nitrogens with two attached hydrogens (primary N) is 1. The van der Waals surface area contributed by atoms with Gasteiger partial charge in [0, 0.05) is 6.54 Å². The van der Waals surface area contributed by atoms with Gasteiger partial charge in [-0.25, -0.2) is 0 Å². The van der Waals surface area contributed by atoms with Gasteiger partial charge in [-0.2, -0.15) is 0 Å². The Morgan fingerprint density at radius 3 is 2.65 bits per heavy atom. The highest BCUT2D eigenvalue weighted by molar-refractivity contribution is 5.81. The van der Waals surface area contributed by atoms with Crippen molar-refractivity contribution in [3.63, 3.8) is 0 Å². The molecule has 2 atom stereocenters. The van der Waals surface area contributed by atoms with Crippen LogP contribution >= 0.6 is 0 Å². The normalized spacial score (nSPS) is 20.2. The number of nitrogens with one attached hydrogen (secondary N) is 1. The third-order valence-corrected chi connectivity index (χ3v) is 4.12. The summed E-state index contributed by atoms with van der Waals surface area (Å²) < 4.78 is 0. The largest absolute Gasteiger partial charge is 0.355 e. The summed E-state index contributed by atoms with van der Waals surface area (Å²) in [5.74, 6) is 1.20. The summed E-state index contributed by atoms with van der Waals surface area (Å²) in [6.45, 7) is 4.89. The molecule has 1 aliphatic rings. The van der Waals surface area contributed by atoms with E-state index in [4.69, 9.17) is 5.73 Å². The van der Waals surface area contributed by atoms with Crippen molar-refractivity contribution in [1.82, 2.24) is 5.32 Å². The Balaban J connectivity index is 2.06. The standard InChI is InChI=1S/C14H28N2O/c1-3-11(2)13(15)14(17)16-10-6-9-12-7-4-5-8-12/h11-13H,3-10,15H2,1-2H3,(H,16,17). The average molecular weight is 240 g/mol. The van der Waals surface area contributed by atoms with Crippen molar-refractivity contribution in [1.29, 1.82) is 0 Å². The summed E-state index contributed by atoms with van der Waals surface area (Å²) in [4.78, 5) is 11.7. The number of hydrogen-bond donors (Lipinski definition) is 2. The molecule has 1 amide bonds. The molecule has 0 aromatic rings. The summed E-state index contributed by atoms with van der Waals surface area (Å²) in [5, 5.41) is 2.96. The predicted octanol–water partition coefficient (Wildman–Crippen LogP) is 2.45. The first-order valence-electron chi connectivity index (χ1n) is 7.18. The third kappa shape index (κ3) is 5.07. The second-order valence-electron chi connectivity index (χ2n) is 5.50. The summed E-state index contributed by atoms with van der Waals surface area (Å²) in [6.07, 6.45) is 8.89. The van der Waals surface area contributed by atoms with Gasteiger partial charge < -0.3 is 11.1 Å². The first-order chi connectivity index (χ1) is 8.15. The molecule has 2 unspecified atom stereocenters. The smallest absolute Gasteiger partial charge is 0.237 e. The maximum absolute atomic E-state index is 11.7.